The topological polar surface area (TPSA) is 94.8 Å². The van der Waals surface area contributed by atoms with Crippen LogP contribution in [0.5, 0.6) is 5.75 Å². The van der Waals surface area contributed by atoms with Crippen molar-refractivity contribution in [2.24, 2.45) is 0 Å². The molecule has 164 valence electrons. The van der Waals surface area contributed by atoms with E-state index in [1.807, 2.05) is 24.3 Å². The van der Waals surface area contributed by atoms with Gasteiger partial charge < -0.3 is 19.2 Å². The highest BCUT2D eigenvalue weighted by molar-refractivity contribution is 6.06. The summed E-state index contributed by atoms with van der Waals surface area (Å²) in [5, 5.41) is 3.57. The lowest BCUT2D eigenvalue weighted by molar-refractivity contribution is 0.0252. The zero-order chi connectivity index (χ0) is 22.9. The Balaban J connectivity index is 1.39. The van der Waals surface area contributed by atoms with Crippen molar-refractivity contribution < 1.29 is 23.5 Å². The van der Waals surface area contributed by atoms with E-state index in [1.54, 1.807) is 49.6 Å². The van der Waals surface area contributed by atoms with E-state index in [0.717, 1.165) is 16.5 Å². The van der Waals surface area contributed by atoms with E-state index in [9.17, 15) is 14.4 Å². The summed E-state index contributed by atoms with van der Waals surface area (Å²) < 4.78 is 16.0. The van der Waals surface area contributed by atoms with Crippen LogP contribution in [0.4, 0.5) is 5.69 Å². The second-order valence-corrected chi connectivity index (χ2v) is 7.70. The molecule has 1 atom stereocenters. The molecule has 1 N–H and O–H groups in total. The molecule has 0 saturated carbocycles. The van der Waals surface area contributed by atoms with Crippen LogP contribution in [-0.4, -0.2) is 19.0 Å². The van der Waals surface area contributed by atoms with Crippen molar-refractivity contribution in [2.75, 3.05) is 12.4 Å². The minimum Gasteiger partial charge on any atom is -0.497 e. The number of fused-ring (bicyclic) bond motifs is 2. The minimum absolute atomic E-state index is 0.338. The van der Waals surface area contributed by atoms with Crippen LogP contribution in [0, 0.1) is 0 Å². The number of hydrogen-bond acceptors (Lipinski definition) is 6. The van der Waals surface area contributed by atoms with Gasteiger partial charge in [-0.25, -0.2) is 9.59 Å². The van der Waals surface area contributed by atoms with Gasteiger partial charge in [-0.15, -0.1) is 0 Å². The highest BCUT2D eigenvalue weighted by atomic mass is 16.5. The number of hydrogen-bond donors (Lipinski definition) is 1. The van der Waals surface area contributed by atoms with Crippen LogP contribution in [-0.2, 0) is 11.2 Å². The molecule has 4 aromatic rings. The largest absolute Gasteiger partial charge is 0.497 e. The molecule has 1 amide bonds. The fraction of sp³-hybridized carbons (Fsp3) is 0.115. The smallest absolute Gasteiger partial charge is 0.339 e. The lowest BCUT2D eigenvalue weighted by atomic mass is 9.93. The Bertz CT molecular complexity index is 1440. The van der Waals surface area contributed by atoms with Crippen molar-refractivity contribution in [1.29, 1.82) is 0 Å². The average Bonchev–Trinajstić information content (AvgIpc) is 2.83. The molecular formula is C26H19NO6. The third kappa shape index (κ3) is 4.08. The van der Waals surface area contributed by atoms with Crippen molar-refractivity contribution in [2.45, 2.75) is 12.5 Å². The molecule has 7 nitrogen and oxygen atoms in total. The zero-order valence-electron chi connectivity index (χ0n) is 17.7. The van der Waals surface area contributed by atoms with Gasteiger partial charge in [-0.1, -0.05) is 12.1 Å². The standard InChI is InChI=1S/C26H19NO6/c1-31-20-8-3-16(4-9-20)22-13-18-12-17(5-10-21(18)26(30)33-22)25(29)27-19-7-2-15-6-11-24(28)32-23(15)14-19/h2-12,14,22H,13H2,1H3,(H,27,29)/t22-/m1/s1. The van der Waals surface area contributed by atoms with Crippen molar-refractivity contribution in [3.8, 4) is 5.75 Å². The first-order valence-corrected chi connectivity index (χ1v) is 10.3. The quantitative estimate of drug-likeness (QED) is 0.370. The molecule has 5 rings (SSSR count). The van der Waals surface area contributed by atoms with E-state index < -0.39 is 17.7 Å². The van der Waals surface area contributed by atoms with Crippen LogP contribution in [0.15, 0.2) is 82.0 Å². The van der Waals surface area contributed by atoms with Gasteiger partial charge in [0, 0.05) is 35.2 Å². The average molecular weight is 441 g/mol. The minimum atomic E-state index is -0.459. The Hall–Kier alpha value is -4.39. The normalized spacial score (nSPS) is 14.9. The van der Waals surface area contributed by atoms with Gasteiger partial charge in [0.2, 0.25) is 0 Å². The predicted octanol–water partition coefficient (Wildman–Crippen LogP) is 4.51. The number of esters is 1. The SMILES string of the molecule is COc1ccc([C@H]2Cc3cc(C(=O)Nc4ccc5ccc(=O)oc5c4)ccc3C(=O)O2)cc1. The van der Waals surface area contributed by atoms with Gasteiger partial charge in [-0.05, 0) is 59.7 Å². The lowest BCUT2D eigenvalue weighted by Crippen LogP contribution is -2.23. The summed E-state index contributed by atoms with van der Waals surface area (Å²) in [6.07, 6.45) is 0.00736. The Labute approximate surface area is 188 Å². The number of methoxy groups -OCH3 is 1. The number of benzene rings is 3. The summed E-state index contributed by atoms with van der Waals surface area (Å²) >= 11 is 0. The summed E-state index contributed by atoms with van der Waals surface area (Å²) in [4.78, 5) is 36.9. The van der Waals surface area contributed by atoms with Crippen molar-refractivity contribution in [1.82, 2.24) is 0 Å². The van der Waals surface area contributed by atoms with Crippen LogP contribution in [0.1, 0.15) is 37.9 Å². The number of carbonyl (C=O) groups excluding carboxylic acids is 2. The number of amides is 1. The van der Waals surface area contributed by atoms with E-state index in [-0.39, 0.29) is 5.91 Å². The van der Waals surface area contributed by atoms with Crippen LogP contribution >= 0.6 is 0 Å². The third-order valence-electron chi connectivity index (χ3n) is 5.61. The summed E-state index contributed by atoms with van der Waals surface area (Å²) in [5.74, 6) is -0.0443. The predicted molar refractivity (Wildman–Crippen MR) is 122 cm³/mol. The Morgan fingerprint density at radius 3 is 2.55 bits per heavy atom. The van der Waals surface area contributed by atoms with E-state index in [2.05, 4.69) is 5.32 Å². The van der Waals surface area contributed by atoms with Crippen LogP contribution < -0.4 is 15.7 Å². The third-order valence-corrected chi connectivity index (χ3v) is 5.61. The molecule has 2 heterocycles. The molecular weight excluding hydrogens is 422 g/mol. The van der Waals surface area contributed by atoms with E-state index in [4.69, 9.17) is 13.9 Å². The molecule has 0 saturated heterocycles. The highest BCUT2D eigenvalue weighted by Gasteiger charge is 2.28. The number of cyclic esters (lactones) is 1. The maximum absolute atomic E-state index is 12.9. The molecule has 1 aliphatic heterocycles. The molecule has 1 aliphatic rings. The molecule has 1 aromatic heterocycles. The fourth-order valence-corrected chi connectivity index (χ4v) is 3.88. The van der Waals surface area contributed by atoms with E-state index >= 15 is 0 Å². The molecule has 0 radical (unpaired) electrons. The van der Waals surface area contributed by atoms with Crippen LogP contribution in [0.25, 0.3) is 11.0 Å². The van der Waals surface area contributed by atoms with E-state index in [0.29, 0.717) is 34.6 Å². The molecule has 7 heteroatoms. The molecule has 0 unspecified atom stereocenters. The van der Waals surface area contributed by atoms with Gasteiger partial charge >= 0.3 is 11.6 Å². The van der Waals surface area contributed by atoms with Crippen LogP contribution in [0.3, 0.4) is 0 Å². The molecule has 0 aliphatic carbocycles. The lowest BCUT2D eigenvalue weighted by Gasteiger charge is -2.25. The monoisotopic (exact) mass is 441 g/mol. The fourth-order valence-electron chi connectivity index (χ4n) is 3.88. The molecule has 0 bridgehead atoms. The first-order valence-electron chi connectivity index (χ1n) is 10.3. The summed E-state index contributed by atoms with van der Waals surface area (Å²) in [6.45, 7) is 0. The number of rotatable bonds is 4. The second-order valence-electron chi connectivity index (χ2n) is 7.70. The van der Waals surface area contributed by atoms with Gasteiger partial charge in [-0.2, -0.15) is 0 Å². The van der Waals surface area contributed by atoms with Crippen molar-refractivity contribution in [3.05, 3.63) is 105 Å². The zero-order valence-corrected chi connectivity index (χ0v) is 17.7. The van der Waals surface area contributed by atoms with Gasteiger partial charge in [0.15, 0.2) is 0 Å². The maximum Gasteiger partial charge on any atom is 0.339 e. The maximum atomic E-state index is 12.9. The number of carbonyl (C=O) groups is 2. The van der Waals surface area contributed by atoms with Crippen molar-refractivity contribution in [3.63, 3.8) is 0 Å². The van der Waals surface area contributed by atoms with E-state index in [1.165, 1.54) is 6.07 Å². The summed E-state index contributed by atoms with van der Waals surface area (Å²) in [7, 11) is 1.59. The second kappa shape index (κ2) is 8.27. The van der Waals surface area contributed by atoms with Gasteiger partial charge in [0.1, 0.15) is 17.4 Å². The van der Waals surface area contributed by atoms with Gasteiger partial charge in [0.25, 0.3) is 5.91 Å². The Kier molecular flexibility index (Phi) is 5.14. The van der Waals surface area contributed by atoms with Crippen LogP contribution in [0.2, 0.25) is 0 Å². The number of anilines is 1. The number of nitrogens with one attached hydrogen (secondary N) is 1. The van der Waals surface area contributed by atoms with Gasteiger partial charge in [-0.3, -0.25) is 4.79 Å². The van der Waals surface area contributed by atoms with Gasteiger partial charge in [0.05, 0.1) is 12.7 Å². The molecule has 33 heavy (non-hydrogen) atoms. The first-order chi connectivity index (χ1) is 16.0. The Morgan fingerprint density at radius 2 is 1.76 bits per heavy atom. The van der Waals surface area contributed by atoms with Crippen molar-refractivity contribution >= 4 is 28.5 Å². The summed E-state index contributed by atoms with van der Waals surface area (Å²) in [5.41, 5.74) is 2.87. The summed E-state index contributed by atoms with van der Waals surface area (Å²) in [6, 6.07) is 20.3. The highest BCUT2D eigenvalue weighted by Crippen LogP contribution is 2.32. The molecule has 3 aromatic carbocycles. The number of ether oxygens (including phenoxy) is 2. The Morgan fingerprint density at radius 1 is 0.970 bits per heavy atom. The molecule has 0 fully saturated rings. The first kappa shape index (κ1) is 20.5. The molecule has 0 spiro atoms.